The Balaban J connectivity index is 2.15. The Kier molecular flexibility index (Phi) is 4.00. The fourth-order valence-electron chi connectivity index (χ4n) is 2.80. The van der Waals surface area contributed by atoms with Crippen molar-refractivity contribution in [3.05, 3.63) is 45.6 Å². The molecule has 0 bridgehead atoms. The molecule has 118 valence electrons. The van der Waals surface area contributed by atoms with E-state index in [1.54, 1.807) is 6.20 Å². The largest absolute Gasteiger partial charge is 0.444 e. The van der Waals surface area contributed by atoms with Crippen LogP contribution in [-0.4, -0.2) is 17.1 Å². The van der Waals surface area contributed by atoms with Crippen LogP contribution in [0.1, 0.15) is 39.8 Å². The van der Waals surface area contributed by atoms with E-state index in [0.29, 0.717) is 22.1 Å². The number of nitrogens with two attached hydrogens (primary N) is 1. The van der Waals surface area contributed by atoms with Crippen LogP contribution in [-0.2, 0) is 6.42 Å². The topological polar surface area (TPSA) is 89.1 Å². The van der Waals surface area contributed by atoms with Gasteiger partial charge in [0.15, 0.2) is 5.06 Å². The third-order valence-corrected chi connectivity index (χ3v) is 5.16. The molecule has 23 heavy (non-hydrogen) atoms. The number of allylic oxidation sites excluding steroid dienone is 2. The fourth-order valence-corrected chi connectivity index (χ4v) is 3.92. The van der Waals surface area contributed by atoms with E-state index < -0.39 is 5.91 Å². The second-order valence-corrected chi connectivity index (χ2v) is 6.40. The first kappa shape index (κ1) is 15.4. The number of fused-ring (bicyclic) bond motifs is 1. The van der Waals surface area contributed by atoms with Crippen LogP contribution in [0.25, 0.3) is 5.57 Å². The minimum Gasteiger partial charge on any atom is -0.444 e. The minimum absolute atomic E-state index is 0.435. The van der Waals surface area contributed by atoms with E-state index in [0.717, 1.165) is 34.4 Å². The molecule has 2 heterocycles. The lowest BCUT2D eigenvalue weighted by molar-refractivity contribution is 0.100. The van der Waals surface area contributed by atoms with E-state index in [2.05, 4.69) is 4.98 Å². The third-order valence-electron chi connectivity index (χ3n) is 4.03. The molecule has 0 saturated heterocycles. The summed E-state index contributed by atoms with van der Waals surface area (Å²) in [5, 5.41) is 8.20. The van der Waals surface area contributed by atoms with Gasteiger partial charge < -0.3 is 15.9 Å². The molecule has 0 saturated carbocycles. The lowest BCUT2D eigenvalue weighted by Gasteiger charge is -2.18. The van der Waals surface area contributed by atoms with Crippen LogP contribution in [0.15, 0.2) is 23.9 Å². The first-order valence-corrected chi connectivity index (χ1v) is 8.10. The molecule has 3 rings (SSSR count). The van der Waals surface area contributed by atoms with Crippen molar-refractivity contribution in [2.24, 2.45) is 5.73 Å². The van der Waals surface area contributed by atoms with Gasteiger partial charge in [0.25, 0.3) is 5.91 Å². The van der Waals surface area contributed by atoms with Gasteiger partial charge in [0.1, 0.15) is 5.75 Å². The van der Waals surface area contributed by atoms with Gasteiger partial charge in [-0.1, -0.05) is 11.3 Å². The van der Waals surface area contributed by atoms with Crippen molar-refractivity contribution >= 4 is 29.0 Å². The van der Waals surface area contributed by atoms with Gasteiger partial charge in [0.2, 0.25) is 0 Å². The average molecular weight is 327 g/mol. The quantitative estimate of drug-likeness (QED) is 0.839. The molecule has 1 amide bonds. The maximum atomic E-state index is 11.8. The average Bonchev–Trinajstić information content (AvgIpc) is 2.90. The Morgan fingerprint density at radius 2 is 2.22 bits per heavy atom. The molecule has 0 fully saturated rings. The number of nitrogens with one attached hydrogen (secondary N) is 1. The van der Waals surface area contributed by atoms with Crippen LogP contribution < -0.4 is 10.5 Å². The van der Waals surface area contributed by atoms with Crippen LogP contribution in [0, 0.1) is 12.3 Å². The van der Waals surface area contributed by atoms with E-state index in [9.17, 15) is 4.79 Å². The molecule has 0 spiro atoms. The second kappa shape index (κ2) is 5.96. The van der Waals surface area contributed by atoms with Crippen LogP contribution in [0.2, 0.25) is 0 Å². The summed E-state index contributed by atoms with van der Waals surface area (Å²) in [6, 6.07) is 3.65. The highest BCUT2D eigenvalue weighted by Gasteiger charge is 2.28. The molecule has 3 N–H and O–H groups in total. The molecular formula is C17H17N3O2S. The zero-order valence-corrected chi connectivity index (χ0v) is 13.8. The van der Waals surface area contributed by atoms with Crippen molar-refractivity contribution in [1.82, 2.24) is 4.98 Å². The van der Waals surface area contributed by atoms with Crippen molar-refractivity contribution < 1.29 is 9.53 Å². The Morgan fingerprint density at radius 3 is 2.87 bits per heavy atom. The lowest BCUT2D eigenvalue weighted by atomic mass is 9.88. The van der Waals surface area contributed by atoms with Gasteiger partial charge in [-0.3, -0.25) is 9.78 Å². The summed E-state index contributed by atoms with van der Waals surface area (Å²) in [5.74, 6) is 0.220. The van der Waals surface area contributed by atoms with Gasteiger partial charge >= 0.3 is 0 Å². The highest BCUT2D eigenvalue weighted by molar-refractivity contribution is 7.16. The van der Waals surface area contributed by atoms with Crippen molar-refractivity contribution in [3.63, 3.8) is 0 Å². The number of hydrogen-bond donors (Lipinski definition) is 2. The number of primary amides is 1. The van der Waals surface area contributed by atoms with Crippen LogP contribution >= 0.6 is 11.3 Å². The summed E-state index contributed by atoms with van der Waals surface area (Å²) in [7, 11) is 0. The number of carbonyl (C=O) groups is 1. The number of amides is 1. The number of hydrogen-bond acceptors (Lipinski definition) is 5. The van der Waals surface area contributed by atoms with E-state index in [4.69, 9.17) is 15.9 Å². The molecule has 0 aliphatic heterocycles. The Bertz CT molecular complexity index is 836. The molecule has 0 radical (unpaired) electrons. The predicted molar refractivity (Wildman–Crippen MR) is 91.6 cm³/mol. The van der Waals surface area contributed by atoms with Crippen LogP contribution in [0.5, 0.6) is 10.8 Å². The number of carbonyl (C=O) groups excluding carboxylic acids is 1. The van der Waals surface area contributed by atoms with Crippen molar-refractivity contribution in [2.45, 2.75) is 26.7 Å². The molecular weight excluding hydrogens is 310 g/mol. The number of aromatic nitrogens is 1. The first-order chi connectivity index (χ1) is 11.0. The highest BCUT2D eigenvalue weighted by atomic mass is 32.1. The molecule has 0 atom stereocenters. The van der Waals surface area contributed by atoms with E-state index in [1.807, 2.05) is 26.0 Å². The maximum absolute atomic E-state index is 11.8. The minimum atomic E-state index is -0.435. The normalized spacial score (nSPS) is 13.7. The van der Waals surface area contributed by atoms with Crippen molar-refractivity contribution in [3.8, 4) is 10.8 Å². The summed E-state index contributed by atoms with van der Waals surface area (Å²) < 4.78 is 6.04. The van der Waals surface area contributed by atoms with Gasteiger partial charge in [-0.2, -0.15) is 0 Å². The van der Waals surface area contributed by atoms with Gasteiger partial charge in [0.05, 0.1) is 10.6 Å². The number of pyridine rings is 1. The van der Waals surface area contributed by atoms with Crippen molar-refractivity contribution in [1.29, 1.82) is 5.41 Å². The first-order valence-electron chi connectivity index (χ1n) is 7.28. The fraction of sp³-hybridized carbons (Fsp3) is 0.235. The third kappa shape index (κ3) is 2.66. The van der Waals surface area contributed by atoms with Crippen LogP contribution in [0.3, 0.4) is 0 Å². The second-order valence-electron chi connectivity index (χ2n) is 5.42. The summed E-state index contributed by atoms with van der Waals surface area (Å²) in [6.45, 7) is 3.83. The highest BCUT2D eigenvalue weighted by Crippen LogP contribution is 2.46. The monoisotopic (exact) mass is 327 g/mol. The SMILES string of the molecule is CC1=C(C=N)CCc2c(C(N)=O)sc(Oc3cccnc3C)c21. The number of aryl methyl sites for hydroxylation is 1. The molecule has 6 heteroatoms. The molecule has 1 aliphatic carbocycles. The van der Waals surface area contributed by atoms with Gasteiger partial charge in [-0.05, 0) is 55.5 Å². The Morgan fingerprint density at radius 1 is 1.43 bits per heavy atom. The Hall–Kier alpha value is -2.47. The number of thiophene rings is 1. The van der Waals surface area contributed by atoms with Gasteiger partial charge in [0, 0.05) is 18.0 Å². The summed E-state index contributed by atoms with van der Waals surface area (Å²) in [6.07, 6.45) is 4.52. The molecule has 2 aromatic heterocycles. The summed E-state index contributed by atoms with van der Waals surface area (Å²) in [4.78, 5) is 16.5. The number of ether oxygens (including phenoxy) is 1. The standard InChI is InChI=1S/C17H17N3O2S/c1-9-11(8-18)5-6-12-14(9)17(23-15(12)16(19)21)22-13-4-3-7-20-10(13)2/h3-4,7-8,18H,5-6H2,1-2H3,(H2,19,21). The smallest absolute Gasteiger partial charge is 0.259 e. The molecule has 1 aliphatic rings. The van der Waals surface area contributed by atoms with E-state index in [-0.39, 0.29) is 0 Å². The number of nitrogens with zero attached hydrogens (tertiary/aromatic N) is 1. The molecule has 5 nitrogen and oxygen atoms in total. The van der Waals surface area contributed by atoms with Gasteiger partial charge in [-0.25, -0.2) is 0 Å². The van der Waals surface area contributed by atoms with E-state index >= 15 is 0 Å². The Labute approximate surface area is 138 Å². The van der Waals surface area contributed by atoms with E-state index in [1.165, 1.54) is 17.6 Å². The van der Waals surface area contributed by atoms with Crippen LogP contribution in [0.4, 0.5) is 0 Å². The molecule has 0 unspecified atom stereocenters. The predicted octanol–water partition coefficient (Wildman–Crippen LogP) is 3.71. The van der Waals surface area contributed by atoms with Gasteiger partial charge in [-0.15, -0.1) is 0 Å². The maximum Gasteiger partial charge on any atom is 0.259 e. The zero-order chi connectivity index (χ0) is 16.6. The molecule has 2 aromatic rings. The number of rotatable bonds is 4. The molecule has 0 aromatic carbocycles. The summed E-state index contributed by atoms with van der Waals surface area (Å²) in [5.41, 5.74) is 10.1. The van der Waals surface area contributed by atoms with Crippen molar-refractivity contribution in [2.75, 3.05) is 0 Å². The zero-order valence-electron chi connectivity index (χ0n) is 13.0. The summed E-state index contributed by atoms with van der Waals surface area (Å²) >= 11 is 1.27. The lowest BCUT2D eigenvalue weighted by Crippen LogP contribution is -2.13.